The number of hydrogen-bond acceptors (Lipinski definition) is 5. The fraction of sp³-hybridized carbons (Fsp3) is 0.261. The maximum absolute atomic E-state index is 12.7. The minimum Gasteiger partial charge on any atom is -0.481 e. The van der Waals surface area contributed by atoms with Gasteiger partial charge in [-0.3, -0.25) is 4.79 Å². The number of hydrogen-bond donors (Lipinski definition) is 1. The molecule has 1 aliphatic rings. The summed E-state index contributed by atoms with van der Waals surface area (Å²) >= 11 is 0. The van der Waals surface area contributed by atoms with E-state index in [1.165, 1.54) is 11.0 Å². The number of likely N-dealkylation sites (tertiary alicyclic amines) is 1. The number of carbonyl (C=O) groups excluding carboxylic acids is 1. The highest BCUT2D eigenvalue weighted by atomic mass is 16.5. The molecule has 1 unspecified atom stereocenters. The molecular formula is C23H21NO6. The SMILES string of the molecule is CC(Oc1ccc2c(-c3ccccc3)cc(=O)oc2c1)C(=O)N1CCC[C@@H]1C(=O)O. The van der Waals surface area contributed by atoms with E-state index in [9.17, 15) is 19.5 Å². The van der Waals surface area contributed by atoms with E-state index in [0.29, 0.717) is 30.7 Å². The van der Waals surface area contributed by atoms with Crippen molar-refractivity contribution in [3.05, 3.63) is 65.0 Å². The Hall–Kier alpha value is -3.61. The Balaban J connectivity index is 1.60. The first-order valence-corrected chi connectivity index (χ1v) is 9.77. The summed E-state index contributed by atoms with van der Waals surface area (Å²) in [5.41, 5.74) is 1.51. The van der Waals surface area contributed by atoms with E-state index < -0.39 is 23.7 Å². The van der Waals surface area contributed by atoms with Gasteiger partial charge in [0.1, 0.15) is 17.4 Å². The van der Waals surface area contributed by atoms with Gasteiger partial charge in [-0.25, -0.2) is 9.59 Å². The average molecular weight is 407 g/mol. The summed E-state index contributed by atoms with van der Waals surface area (Å²) in [5, 5.41) is 10.0. The molecule has 1 saturated heterocycles. The van der Waals surface area contributed by atoms with Crippen LogP contribution in [-0.4, -0.2) is 40.6 Å². The van der Waals surface area contributed by atoms with Crippen molar-refractivity contribution < 1.29 is 23.8 Å². The fourth-order valence-corrected chi connectivity index (χ4v) is 3.85. The average Bonchev–Trinajstić information content (AvgIpc) is 3.23. The molecule has 4 rings (SSSR count). The summed E-state index contributed by atoms with van der Waals surface area (Å²) in [6.45, 7) is 1.98. The highest BCUT2D eigenvalue weighted by molar-refractivity contribution is 5.94. The largest absolute Gasteiger partial charge is 0.481 e. The number of carboxylic acids is 1. The number of amides is 1. The van der Waals surface area contributed by atoms with Crippen molar-refractivity contribution in [2.45, 2.75) is 31.9 Å². The molecule has 0 saturated carbocycles. The first-order chi connectivity index (χ1) is 14.4. The normalized spacial score (nSPS) is 17.1. The predicted octanol–water partition coefficient (Wildman–Crippen LogP) is 3.30. The summed E-state index contributed by atoms with van der Waals surface area (Å²) < 4.78 is 11.1. The number of aliphatic carboxylic acids is 1. The molecule has 30 heavy (non-hydrogen) atoms. The number of fused-ring (bicyclic) bond motifs is 1. The smallest absolute Gasteiger partial charge is 0.336 e. The number of nitrogens with zero attached hydrogens (tertiary/aromatic N) is 1. The second kappa shape index (κ2) is 8.02. The Morgan fingerprint density at radius 3 is 2.67 bits per heavy atom. The first-order valence-electron chi connectivity index (χ1n) is 9.77. The van der Waals surface area contributed by atoms with Gasteiger partial charge in [-0.2, -0.15) is 0 Å². The summed E-state index contributed by atoms with van der Waals surface area (Å²) in [4.78, 5) is 37.5. The Morgan fingerprint density at radius 1 is 1.17 bits per heavy atom. The molecule has 2 atom stereocenters. The molecule has 7 heteroatoms. The molecule has 1 fully saturated rings. The minimum atomic E-state index is -1.01. The molecule has 1 aliphatic heterocycles. The Labute approximate surface area is 172 Å². The van der Waals surface area contributed by atoms with Crippen molar-refractivity contribution >= 4 is 22.8 Å². The van der Waals surface area contributed by atoms with Crippen LogP contribution in [-0.2, 0) is 9.59 Å². The maximum atomic E-state index is 12.7. The van der Waals surface area contributed by atoms with Crippen molar-refractivity contribution in [1.82, 2.24) is 4.90 Å². The molecule has 1 N–H and O–H groups in total. The van der Waals surface area contributed by atoms with Gasteiger partial charge in [0.25, 0.3) is 5.91 Å². The van der Waals surface area contributed by atoms with E-state index in [2.05, 4.69) is 0 Å². The third kappa shape index (κ3) is 3.78. The molecule has 1 amide bonds. The lowest BCUT2D eigenvalue weighted by Crippen LogP contribution is -2.46. The molecule has 2 aromatic carbocycles. The minimum absolute atomic E-state index is 0.350. The molecule has 3 aromatic rings. The van der Waals surface area contributed by atoms with Crippen LogP contribution in [0.15, 0.2) is 63.8 Å². The molecule has 154 valence electrons. The third-order valence-electron chi connectivity index (χ3n) is 5.28. The van der Waals surface area contributed by atoms with Crippen LogP contribution in [0.5, 0.6) is 5.75 Å². The molecule has 2 heterocycles. The molecular weight excluding hydrogens is 386 g/mol. The number of rotatable bonds is 5. The first kappa shape index (κ1) is 19.7. The summed E-state index contributed by atoms with van der Waals surface area (Å²) in [7, 11) is 0. The van der Waals surface area contributed by atoms with E-state index in [4.69, 9.17) is 9.15 Å². The summed E-state index contributed by atoms with van der Waals surface area (Å²) in [6.07, 6.45) is 0.224. The summed E-state index contributed by atoms with van der Waals surface area (Å²) in [6, 6.07) is 15.2. The molecule has 0 spiro atoms. The van der Waals surface area contributed by atoms with Gasteiger partial charge in [0.15, 0.2) is 6.10 Å². The van der Waals surface area contributed by atoms with Crippen LogP contribution in [0.2, 0.25) is 0 Å². The predicted molar refractivity (Wildman–Crippen MR) is 110 cm³/mol. The molecule has 0 radical (unpaired) electrons. The Kier molecular flexibility index (Phi) is 5.27. The van der Waals surface area contributed by atoms with Crippen molar-refractivity contribution in [2.75, 3.05) is 6.54 Å². The van der Waals surface area contributed by atoms with Crippen LogP contribution in [0, 0.1) is 0 Å². The monoisotopic (exact) mass is 407 g/mol. The van der Waals surface area contributed by atoms with Crippen molar-refractivity contribution in [2.24, 2.45) is 0 Å². The molecule has 7 nitrogen and oxygen atoms in total. The van der Waals surface area contributed by atoms with E-state index in [0.717, 1.165) is 16.5 Å². The topological polar surface area (TPSA) is 97.0 Å². The zero-order valence-electron chi connectivity index (χ0n) is 16.4. The van der Waals surface area contributed by atoms with Gasteiger partial charge < -0.3 is 19.2 Å². The molecule has 0 bridgehead atoms. The van der Waals surface area contributed by atoms with Crippen molar-refractivity contribution in [1.29, 1.82) is 0 Å². The van der Waals surface area contributed by atoms with Crippen LogP contribution in [0.4, 0.5) is 0 Å². The van der Waals surface area contributed by atoms with E-state index >= 15 is 0 Å². The van der Waals surface area contributed by atoms with Crippen LogP contribution in [0.3, 0.4) is 0 Å². The summed E-state index contributed by atoms with van der Waals surface area (Å²) in [5.74, 6) is -1.02. The number of carbonyl (C=O) groups is 2. The van der Waals surface area contributed by atoms with E-state index in [1.807, 2.05) is 30.3 Å². The second-order valence-corrected chi connectivity index (χ2v) is 7.29. The zero-order valence-corrected chi connectivity index (χ0v) is 16.4. The Bertz CT molecular complexity index is 1150. The zero-order chi connectivity index (χ0) is 21.3. The lowest BCUT2D eigenvalue weighted by atomic mass is 10.0. The quantitative estimate of drug-likeness (QED) is 0.652. The van der Waals surface area contributed by atoms with Gasteiger partial charge in [0.2, 0.25) is 0 Å². The van der Waals surface area contributed by atoms with Crippen LogP contribution in [0.1, 0.15) is 19.8 Å². The van der Waals surface area contributed by atoms with Gasteiger partial charge in [-0.05, 0) is 43.0 Å². The number of benzene rings is 2. The Morgan fingerprint density at radius 2 is 1.93 bits per heavy atom. The lowest BCUT2D eigenvalue weighted by Gasteiger charge is -2.25. The van der Waals surface area contributed by atoms with E-state index in [-0.39, 0.29) is 5.91 Å². The maximum Gasteiger partial charge on any atom is 0.336 e. The standard InChI is InChI=1S/C23H21NO6/c1-14(22(26)24-11-5-8-19(24)23(27)28)29-16-9-10-17-18(15-6-3-2-4-7-15)13-21(25)30-20(17)12-16/h2-4,6-7,9-10,12-14,19H,5,8,11H2,1H3,(H,27,28)/t14?,19-/m1/s1. The van der Waals surface area contributed by atoms with Gasteiger partial charge in [0, 0.05) is 24.1 Å². The number of carboxylic acid groups (broad SMARTS) is 1. The van der Waals surface area contributed by atoms with Crippen molar-refractivity contribution in [3.63, 3.8) is 0 Å². The van der Waals surface area contributed by atoms with Crippen LogP contribution >= 0.6 is 0 Å². The van der Waals surface area contributed by atoms with Gasteiger partial charge in [-0.1, -0.05) is 30.3 Å². The van der Waals surface area contributed by atoms with Crippen LogP contribution in [0.25, 0.3) is 22.1 Å². The van der Waals surface area contributed by atoms with Gasteiger partial charge in [-0.15, -0.1) is 0 Å². The second-order valence-electron chi connectivity index (χ2n) is 7.29. The number of ether oxygens (including phenoxy) is 1. The van der Waals surface area contributed by atoms with Crippen molar-refractivity contribution in [3.8, 4) is 16.9 Å². The van der Waals surface area contributed by atoms with Crippen LogP contribution < -0.4 is 10.4 Å². The van der Waals surface area contributed by atoms with E-state index in [1.54, 1.807) is 25.1 Å². The van der Waals surface area contributed by atoms with Gasteiger partial charge in [0.05, 0.1) is 0 Å². The molecule has 1 aromatic heterocycles. The lowest BCUT2D eigenvalue weighted by molar-refractivity contribution is -0.150. The highest BCUT2D eigenvalue weighted by Crippen LogP contribution is 2.30. The fourth-order valence-electron chi connectivity index (χ4n) is 3.85. The highest BCUT2D eigenvalue weighted by Gasteiger charge is 2.36. The van der Waals surface area contributed by atoms with Gasteiger partial charge >= 0.3 is 11.6 Å². The third-order valence-corrected chi connectivity index (χ3v) is 5.28. The molecule has 0 aliphatic carbocycles.